The van der Waals surface area contributed by atoms with Gasteiger partial charge in [0.25, 0.3) is 5.91 Å². The minimum absolute atomic E-state index is 0.154. The third kappa shape index (κ3) is 3.83. The van der Waals surface area contributed by atoms with E-state index < -0.39 is 4.87 Å². The first-order chi connectivity index (χ1) is 17.0. The molecule has 178 valence electrons. The molecule has 8 heteroatoms. The van der Waals surface area contributed by atoms with Gasteiger partial charge in [0.2, 0.25) is 16.7 Å². The van der Waals surface area contributed by atoms with Gasteiger partial charge in [-0.15, -0.1) is 11.8 Å². The number of ether oxygens (including phenoxy) is 1. The van der Waals surface area contributed by atoms with Crippen molar-refractivity contribution >= 4 is 46.5 Å². The van der Waals surface area contributed by atoms with E-state index in [1.165, 1.54) is 22.2 Å². The van der Waals surface area contributed by atoms with Crippen LogP contribution >= 0.6 is 11.8 Å². The highest BCUT2D eigenvalue weighted by Crippen LogP contribution is 2.55. The van der Waals surface area contributed by atoms with E-state index >= 15 is 0 Å². The van der Waals surface area contributed by atoms with Crippen LogP contribution in [-0.4, -0.2) is 37.1 Å². The number of anilines is 3. The summed E-state index contributed by atoms with van der Waals surface area (Å²) in [5, 5.41) is 2.88. The SMILES string of the molecule is CCc1ccc(NC(=O)CN2C(=O)C3(SCC(=O)N3c3ccc(OC)cc3)c3ccccc32)cc1. The number of fused-ring (bicyclic) bond motifs is 2. The second-order valence-electron chi connectivity index (χ2n) is 8.37. The molecule has 0 aliphatic carbocycles. The molecule has 1 spiro atoms. The molecule has 3 aromatic carbocycles. The van der Waals surface area contributed by atoms with Crippen LogP contribution in [-0.2, 0) is 25.7 Å². The molecule has 0 radical (unpaired) electrons. The molecule has 7 nitrogen and oxygen atoms in total. The van der Waals surface area contributed by atoms with Crippen LogP contribution in [0.4, 0.5) is 17.1 Å². The van der Waals surface area contributed by atoms with Crippen molar-refractivity contribution in [2.75, 3.05) is 34.5 Å². The second-order valence-corrected chi connectivity index (χ2v) is 9.54. The first-order valence-corrected chi connectivity index (χ1v) is 12.4. The Kier molecular flexibility index (Phi) is 5.98. The lowest BCUT2D eigenvalue weighted by Gasteiger charge is -2.33. The van der Waals surface area contributed by atoms with Crippen LogP contribution in [0.2, 0.25) is 0 Å². The van der Waals surface area contributed by atoms with E-state index in [0.717, 1.165) is 6.42 Å². The Morgan fingerprint density at radius 3 is 2.43 bits per heavy atom. The topological polar surface area (TPSA) is 79.0 Å². The number of rotatable bonds is 6. The maximum atomic E-state index is 14.0. The summed E-state index contributed by atoms with van der Waals surface area (Å²) in [5.74, 6) is 0.0494. The fourth-order valence-corrected chi connectivity index (χ4v) is 5.97. The van der Waals surface area contributed by atoms with Gasteiger partial charge in [-0.05, 0) is 54.4 Å². The Bertz CT molecular complexity index is 1290. The summed E-state index contributed by atoms with van der Waals surface area (Å²) in [5.41, 5.74) is 3.79. The molecular weight excluding hydrogens is 462 g/mol. The molecule has 1 fully saturated rings. The summed E-state index contributed by atoms with van der Waals surface area (Å²) in [6, 6.07) is 22.1. The quantitative estimate of drug-likeness (QED) is 0.565. The molecule has 35 heavy (non-hydrogen) atoms. The number of carbonyl (C=O) groups is 3. The fourth-order valence-electron chi connectivity index (χ4n) is 4.61. The van der Waals surface area contributed by atoms with E-state index in [1.807, 2.05) is 48.5 Å². The monoisotopic (exact) mass is 487 g/mol. The minimum atomic E-state index is -1.26. The van der Waals surface area contributed by atoms with Crippen molar-refractivity contribution in [3.63, 3.8) is 0 Å². The third-order valence-electron chi connectivity index (χ3n) is 6.34. The Morgan fingerprint density at radius 1 is 1.03 bits per heavy atom. The van der Waals surface area contributed by atoms with Crippen molar-refractivity contribution < 1.29 is 19.1 Å². The van der Waals surface area contributed by atoms with E-state index in [-0.39, 0.29) is 30.0 Å². The lowest BCUT2D eigenvalue weighted by molar-refractivity contribution is -0.124. The summed E-state index contributed by atoms with van der Waals surface area (Å²) in [6.45, 7) is 1.92. The first kappa shape index (κ1) is 23.0. The maximum absolute atomic E-state index is 14.0. The zero-order chi connectivity index (χ0) is 24.6. The van der Waals surface area contributed by atoms with Crippen LogP contribution in [0.15, 0.2) is 72.8 Å². The molecule has 1 atom stereocenters. The zero-order valence-electron chi connectivity index (χ0n) is 19.5. The van der Waals surface area contributed by atoms with Crippen LogP contribution in [0.5, 0.6) is 5.75 Å². The molecule has 2 aliphatic heterocycles. The number of nitrogens with one attached hydrogen (secondary N) is 1. The van der Waals surface area contributed by atoms with Crippen molar-refractivity contribution in [1.29, 1.82) is 0 Å². The lowest BCUT2D eigenvalue weighted by Crippen LogP contribution is -2.50. The van der Waals surface area contributed by atoms with E-state index in [4.69, 9.17) is 4.74 Å². The number of hydrogen-bond donors (Lipinski definition) is 1. The predicted molar refractivity (Wildman–Crippen MR) is 138 cm³/mol. The van der Waals surface area contributed by atoms with Gasteiger partial charge in [-0.25, -0.2) is 0 Å². The molecule has 3 aromatic rings. The Morgan fingerprint density at radius 2 is 1.74 bits per heavy atom. The van der Waals surface area contributed by atoms with Gasteiger partial charge in [0, 0.05) is 16.9 Å². The van der Waals surface area contributed by atoms with Gasteiger partial charge in [0.1, 0.15) is 12.3 Å². The van der Waals surface area contributed by atoms with Crippen LogP contribution in [0.1, 0.15) is 18.1 Å². The van der Waals surface area contributed by atoms with Crippen LogP contribution in [0.25, 0.3) is 0 Å². The molecule has 2 heterocycles. The van der Waals surface area contributed by atoms with Crippen molar-refractivity contribution in [2.24, 2.45) is 0 Å². The first-order valence-electron chi connectivity index (χ1n) is 11.4. The molecule has 1 N–H and O–H groups in total. The molecule has 1 saturated heterocycles. The third-order valence-corrected chi connectivity index (χ3v) is 7.73. The Balaban J connectivity index is 1.47. The number of aryl methyl sites for hydroxylation is 1. The number of nitrogens with zero attached hydrogens (tertiary/aromatic N) is 2. The van der Waals surface area contributed by atoms with Crippen molar-refractivity contribution in [1.82, 2.24) is 0 Å². The molecule has 2 aliphatic rings. The van der Waals surface area contributed by atoms with E-state index in [2.05, 4.69) is 12.2 Å². The number of hydrogen-bond acceptors (Lipinski definition) is 5. The van der Waals surface area contributed by atoms with Gasteiger partial charge in [-0.2, -0.15) is 0 Å². The summed E-state index contributed by atoms with van der Waals surface area (Å²) >= 11 is 1.29. The number of methoxy groups -OCH3 is 1. The van der Waals surface area contributed by atoms with E-state index in [0.29, 0.717) is 28.4 Å². The number of para-hydroxylation sites is 1. The maximum Gasteiger partial charge on any atom is 0.269 e. The summed E-state index contributed by atoms with van der Waals surface area (Å²) < 4.78 is 5.25. The number of amides is 3. The van der Waals surface area contributed by atoms with Crippen molar-refractivity contribution in [3.05, 3.63) is 83.9 Å². The lowest BCUT2D eigenvalue weighted by atomic mass is 10.0. The van der Waals surface area contributed by atoms with Crippen LogP contribution < -0.4 is 19.9 Å². The van der Waals surface area contributed by atoms with E-state index in [9.17, 15) is 14.4 Å². The zero-order valence-corrected chi connectivity index (χ0v) is 20.3. The van der Waals surface area contributed by atoms with Gasteiger partial charge in [0.15, 0.2) is 0 Å². The van der Waals surface area contributed by atoms with Gasteiger partial charge in [-0.1, -0.05) is 37.3 Å². The van der Waals surface area contributed by atoms with E-state index in [1.54, 1.807) is 36.3 Å². The highest BCUT2D eigenvalue weighted by molar-refractivity contribution is 8.02. The highest BCUT2D eigenvalue weighted by Gasteiger charge is 2.61. The Labute approximate surface area is 208 Å². The molecule has 0 aromatic heterocycles. The Hall–Kier alpha value is -3.78. The van der Waals surface area contributed by atoms with Gasteiger partial charge < -0.3 is 10.1 Å². The smallest absolute Gasteiger partial charge is 0.269 e. The van der Waals surface area contributed by atoms with Crippen molar-refractivity contribution in [3.8, 4) is 5.75 Å². The molecule has 1 unspecified atom stereocenters. The summed E-state index contributed by atoms with van der Waals surface area (Å²) in [6.07, 6.45) is 0.913. The number of benzene rings is 3. The molecular formula is C27H25N3O4S. The van der Waals surface area contributed by atoms with Gasteiger partial charge >= 0.3 is 0 Å². The van der Waals surface area contributed by atoms with Crippen molar-refractivity contribution in [2.45, 2.75) is 18.2 Å². The number of thioether (sulfide) groups is 1. The van der Waals surface area contributed by atoms with Crippen LogP contribution in [0.3, 0.4) is 0 Å². The average molecular weight is 488 g/mol. The van der Waals surface area contributed by atoms with Crippen LogP contribution in [0, 0.1) is 0 Å². The second kappa shape index (κ2) is 9.11. The number of carbonyl (C=O) groups excluding carboxylic acids is 3. The normalized spacial score (nSPS) is 18.8. The molecule has 3 amide bonds. The molecule has 0 bridgehead atoms. The standard InChI is InChI=1S/C27H25N3O4S/c1-3-18-8-10-19(11-9-18)28-24(31)16-29-23-7-5-4-6-22(23)27(26(29)33)30(25(32)17-35-27)20-12-14-21(34-2)15-13-20/h4-15H,3,16-17H2,1-2H3,(H,28,31). The molecule has 5 rings (SSSR count). The van der Waals surface area contributed by atoms with Gasteiger partial charge in [0.05, 0.1) is 18.6 Å². The minimum Gasteiger partial charge on any atom is -0.497 e. The summed E-state index contributed by atoms with van der Waals surface area (Å²) in [7, 11) is 1.57. The molecule has 0 saturated carbocycles. The average Bonchev–Trinajstić information content (AvgIpc) is 3.35. The van der Waals surface area contributed by atoms with Gasteiger partial charge in [-0.3, -0.25) is 24.2 Å². The highest BCUT2D eigenvalue weighted by atomic mass is 32.2. The fraction of sp³-hybridized carbons (Fsp3) is 0.222. The largest absolute Gasteiger partial charge is 0.497 e. The summed E-state index contributed by atoms with van der Waals surface area (Å²) in [4.78, 5) is 41.8. The predicted octanol–water partition coefficient (Wildman–Crippen LogP) is 4.18.